The van der Waals surface area contributed by atoms with Gasteiger partial charge in [0.1, 0.15) is 23.0 Å². The van der Waals surface area contributed by atoms with Crippen LogP contribution in [0.3, 0.4) is 0 Å². The van der Waals surface area contributed by atoms with Crippen molar-refractivity contribution in [2.75, 3.05) is 33.8 Å². The topological polar surface area (TPSA) is 120 Å². The molecule has 0 saturated heterocycles. The molecule has 184 valence electrons. The zero-order valence-corrected chi connectivity index (χ0v) is 19.5. The van der Waals surface area contributed by atoms with Gasteiger partial charge >= 0.3 is 17.8 Å². The molecule has 2 rings (SSSR count). The molecule has 1 unspecified atom stereocenters. The van der Waals surface area contributed by atoms with Gasteiger partial charge in [-0.1, -0.05) is 6.07 Å². The van der Waals surface area contributed by atoms with Gasteiger partial charge in [-0.3, -0.25) is 9.00 Å². The van der Waals surface area contributed by atoms with Gasteiger partial charge in [-0.25, -0.2) is 4.79 Å². The minimum absolute atomic E-state index is 0.0207. The lowest BCUT2D eigenvalue weighted by molar-refractivity contribution is -0.169. The summed E-state index contributed by atoms with van der Waals surface area (Å²) in [6.45, 7) is 0. The molecule has 0 saturated carbocycles. The Hall–Kier alpha value is -3.67. The maximum Gasteiger partial charge on any atom is 0.418 e. The number of amides is 1. The Morgan fingerprint density at radius 1 is 1.00 bits per heavy atom. The van der Waals surface area contributed by atoms with Gasteiger partial charge in [-0.15, -0.1) is 0 Å². The first-order valence-electron chi connectivity index (χ1n) is 9.52. The number of rotatable bonds is 11. The van der Waals surface area contributed by atoms with E-state index in [9.17, 15) is 22.6 Å². The number of alkyl halides is 2. The fourth-order valence-electron chi connectivity index (χ4n) is 2.79. The van der Waals surface area contributed by atoms with Crippen LogP contribution in [0.1, 0.15) is 11.1 Å². The highest BCUT2D eigenvalue weighted by atomic mass is 32.2. The van der Waals surface area contributed by atoms with Gasteiger partial charge in [0.25, 0.3) is 0 Å². The monoisotopic (exact) mass is 499 g/mol. The third-order valence-corrected chi connectivity index (χ3v) is 5.57. The summed E-state index contributed by atoms with van der Waals surface area (Å²) < 4.78 is 60.5. The maximum atomic E-state index is 13.5. The lowest BCUT2D eigenvalue weighted by Crippen LogP contribution is -2.42. The fourth-order valence-corrected chi connectivity index (χ4v) is 3.69. The van der Waals surface area contributed by atoms with E-state index in [1.165, 1.54) is 52.0 Å². The molecule has 34 heavy (non-hydrogen) atoms. The molecule has 0 radical (unpaired) electrons. The zero-order chi connectivity index (χ0) is 25.5. The molecule has 2 aromatic carbocycles. The van der Waals surface area contributed by atoms with E-state index < -0.39 is 28.6 Å². The van der Waals surface area contributed by atoms with Gasteiger partial charge in [0, 0.05) is 17.5 Å². The fraction of sp³-hybridized carbons (Fsp3) is 0.273. The lowest BCUT2D eigenvalue weighted by atomic mass is 10.1. The van der Waals surface area contributed by atoms with Crippen molar-refractivity contribution in [2.45, 2.75) is 11.7 Å². The molecule has 0 aliphatic rings. The minimum Gasteiger partial charge on any atom is -0.496 e. The van der Waals surface area contributed by atoms with E-state index >= 15 is 0 Å². The van der Waals surface area contributed by atoms with E-state index in [0.29, 0.717) is 28.4 Å². The summed E-state index contributed by atoms with van der Waals surface area (Å²) in [5.41, 5.74) is 0.745. The van der Waals surface area contributed by atoms with Crippen molar-refractivity contribution in [3.63, 3.8) is 0 Å². The molecule has 0 aliphatic heterocycles. The van der Waals surface area contributed by atoms with E-state index in [4.69, 9.17) is 24.1 Å². The second kappa shape index (κ2) is 11.5. The average molecular weight is 499 g/mol. The number of carboxylic acid groups (broad SMARTS) is 1. The number of halogens is 2. The van der Waals surface area contributed by atoms with Crippen molar-refractivity contribution in [3.8, 4) is 23.0 Å². The largest absolute Gasteiger partial charge is 0.496 e. The van der Waals surface area contributed by atoms with E-state index in [2.05, 4.69) is 0 Å². The highest BCUT2D eigenvalue weighted by Gasteiger charge is 2.48. The van der Waals surface area contributed by atoms with E-state index in [0.717, 1.165) is 0 Å². The first-order valence-corrected chi connectivity index (χ1v) is 10.9. The van der Waals surface area contributed by atoms with Crippen molar-refractivity contribution < 1.29 is 46.6 Å². The zero-order valence-electron chi connectivity index (χ0n) is 18.7. The Bertz CT molecular complexity index is 1100. The number of nitrogens with one attached hydrogen (secondary N) is 1. The molecular weight excluding hydrogens is 476 g/mol. The normalized spacial score (nSPS) is 12.2. The molecular formula is C22H23F2NO8S. The van der Waals surface area contributed by atoms with Crippen molar-refractivity contribution in [3.05, 3.63) is 46.9 Å². The number of hydrogen-bond acceptors (Lipinski definition) is 7. The second-order valence-electron chi connectivity index (χ2n) is 6.64. The summed E-state index contributed by atoms with van der Waals surface area (Å²) in [5, 5.41) is 11.8. The van der Waals surface area contributed by atoms with Gasteiger partial charge in [0.05, 0.1) is 56.2 Å². The number of carbonyl (C=O) groups excluding carboxylic acids is 1. The first kappa shape index (κ1) is 26.6. The molecule has 0 aliphatic carbocycles. The maximum absolute atomic E-state index is 13.5. The van der Waals surface area contributed by atoms with Crippen molar-refractivity contribution in [2.24, 2.45) is 0 Å². The minimum atomic E-state index is -4.64. The standard InChI is InChI=1S/C22H23F2NO8S/c1-30-14-10-18(32-3)15(19(11-14)33-4)7-8-34(29)12-13-5-6-17(31-2)16(9-13)25-20(26)22(23,24)21(27)28/h5-11H,12H2,1-4H3,(H,25,26)(H,27,28)/b8-7+. The number of hydrogen-bond donors (Lipinski definition) is 2. The van der Waals surface area contributed by atoms with Crippen molar-refractivity contribution in [1.29, 1.82) is 0 Å². The Morgan fingerprint density at radius 2 is 1.59 bits per heavy atom. The van der Waals surface area contributed by atoms with E-state index in [1.807, 2.05) is 5.32 Å². The van der Waals surface area contributed by atoms with Crippen molar-refractivity contribution in [1.82, 2.24) is 0 Å². The molecule has 0 spiro atoms. The Balaban J connectivity index is 2.26. The molecule has 0 heterocycles. The summed E-state index contributed by atoms with van der Waals surface area (Å²) in [6, 6.07) is 7.45. The second-order valence-corrected chi connectivity index (χ2v) is 7.96. The van der Waals surface area contributed by atoms with Gasteiger partial charge in [0.2, 0.25) is 0 Å². The number of benzene rings is 2. The molecule has 0 aromatic heterocycles. The quantitative estimate of drug-likeness (QED) is 0.452. The average Bonchev–Trinajstić information content (AvgIpc) is 2.82. The van der Waals surface area contributed by atoms with Crippen LogP contribution in [0.4, 0.5) is 14.5 Å². The lowest BCUT2D eigenvalue weighted by Gasteiger charge is -2.15. The Kier molecular flexibility index (Phi) is 8.96. The number of carboxylic acids is 1. The SMILES string of the molecule is COc1cc(OC)c(/C=C/S(=O)Cc2ccc(OC)c(NC(=O)C(F)(F)C(=O)O)c2)c(OC)c1. The van der Waals surface area contributed by atoms with Crippen LogP contribution in [0.5, 0.6) is 23.0 Å². The summed E-state index contributed by atoms with van der Waals surface area (Å²) in [6.07, 6.45) is 1.55. The third-order valence-electron chi connectivity index (χ3n) is 4.51. The Morgan fingerprint density at radius 3 is 2.09 bits per heavy atom. The highest BCUT2D eigenvalue weighted by Crippen LogP contribution is 2.35. The third kappa shape index (κ3) is 6.22. The van der Waals surface area contributed by atoms with Gasteiger partial charge < -0.3 is 29.4 Å². The smallest absolute Gasteiger partial charge is 0.418 e. The number of methoxy groups -OCH3 is 4. The summed E-state index contributed by atoms with van der Waals surface area (Å²) in [4.78, 5) is 22.3. The van der Waals surface area contributed by atoms with Crippen LogP contribution < -0.4 is 24.3 Å². The Labute approximate surface area is 196 Å². The van der Waals surface area contributed by atoms with Crippen LogP contribution in [-0.4, -0.2) is 55.6 Å². The van der Waals surface area contributed by atoms with Crippen LogP contribution in [0.2, 0.25) is 0 Å². The predicted molar refractivity (Wildman–Crippen MR) is 121 cm³/mol. The van der Waals surface area contributed by atoms with Gasteiger partial charge in [0.15, 0.2) is 0 Å². The van der Waals surface area contributed by atoms with E-state index in [1.54, 1.807) is 18.2 Å². The number of ether oxygens (including phenoxy) is 4. The van der Waals surface area contributed by atoms with Gasteiger partial charge in [-0.2, -0.15) is 8.78 Å². The van der Waals surface area contributed by atoms with Crippen LogP contribution in [-0.2, 0) is 26.1 Å². The summed E-state index contributed by atoms with van der Waals surface area (Å²) in [5.74, 6) is -7.91. The molecule has 12 heteroatoms. The van der Waals surface area contributed by atoms with Crippen molar-refractivity contribution >= 4 is 34.4 Å². The first-order chi connectivity index (χ1) is 16.1. The molecule has 1 atom stereocenters. The molecule has 2 N–H and O–H groups in total. The molecule has 9 nitrogen and oxygen atoms in total. The molecule has 1 amide bonds. The van der Waals surface area contributed by atoms with E-state index in [-0.39, 0.29) is 17.2 Å². The number of aliphatic carboxylic acids is 1. The van der Waals surface area contributed by atoms with Crippen LogP contribution >= 0.6 is 0 Å². The van der Waals surface area contributed by atoms with Crippen LogP contribution in [0.25, 0.3) is 6.08 Å². The number of anilines is 1. The highest BCUT2D eigenvalue weighted by molar-refractivity contribution is 7.87. The molecule has 2 aromatic rings. The summed E-state index contributed by atoms with van der Waals surface area (Å²) in [7, 11) is 4.09. The molecule has 0 bridgehead atoms. The van der Waals surface area contributed by atoms with Crippen LogP contribution in [0, 0.1) is 0 Å². The predicted octanol–water partition coefficient (Wildman–Crippen LogP) is 3.30. The van der Waals surface area contributed by atoms with Crippen LogP contribution in [0.15, 0.2) is 35.7 Å². The summed E-state index contributed by atoms with van der Waals surface area (Å²) >= 11 is 0. The molecule has 0 fully saturated rings. The van der Waals surface area contributed by atoms with Gasteiger partial charge in [-0.05, 0) is 23.8 Å². The number of carbonyl (C=O) groups is 2.